The Morgan fingerprint density at radius 2 is 2.00 bits per heavy atom. The highest BCUT2D eigenvalue weighted by Gasteiger charge is 2.25. The molecule has 1 aliphatic rings. The third-order valence-electron chi connectivity index (χ3n) is 5.57. The smallest absolute Gasteiger partial charge is 0.359 e. The maximum Gasteiger partial charge on any atom is 0.359 e. The third-order valence-corrected chi connectivity index (χ3v) is 7.12. The molecule has 0 radical (unpaired) electrons. The van der Waals surface area contributed by atoms with Crippen LogP contribution in [0.2, 0.25) is 10.0 Å². The van der Waals surface area contributed by atoms with Crippen LogP contribution in [-0.2, 0) is 4.74 Å². The molecule has 0 unspecified atom stereocenters. The summed E-state index contributed by atoms with van der Waals surface area (Å²) >= 11 is 14.2. The number of thiophene rings is 1. The Balaban J connectivity index is 1.76. The molecule has 1 aliphatic carbocycles. The van der Waals surface area contributed by atoms with Gasteiger partial charge in [0.05, 0.1) is 32.8 Å². The minimum absolute atomic E-state index is 0.274. The lowest BCUT2D eigenvalue weighted by Gasteiger charge is -2.15. The summed E-state index contributed by atoms with van der Waals surface area (Å²) in [5, 5.41) is 5.56. The zero-order valence-electron chi connectivity index (χ0n) is 18.1. The van der Waals surface area contributed by atoms with Gasteiger partial charge in [0.15, 0.2) is 5.69 Å². The molecule has 0 N–H and O–H groups in total. The van der Waals surface area contributed by atoms with Gasteiger partial charge in [-0.2, -0.15) is 5.10 Å². The van der Waals surface area contributed by atoms with Gasteiger partial charge in [-0.15, -0.1) is 11.3 Å². The van der Waals surface area contributed by atoms with Crippen LogP contribution in [0, 0.1) is 24.7 Å². The maximum absolute atomic E-state index is 12.5. The van der Waals surface area contributed by atoms with Gasteiger partial charge in [-0.1, -0.05) is 54.3 Å². The van der Waals surface area contributed by atoms with Crippen LogP contribution in [0.5, 0.6) is 0 Å². The average molecular weight is 487 g/mol. The molecule has 0 atom stereocenters. The monoisotopic (exact) mass is 486 g/mol. The van der Waals surface area contributed by atoms with E-state index in [9.17, 15) is 4.79 Å². The van der Waals surface area contributed by atoms with Crippen molar-refractivity contribution in [1.82, 2.24) is 9.78 Å². The normalized spacial score (nSPS) is 14.1. The molecular formula is C25H24Cl2N2O2S. The highest BCUT2D eigenvalue weighted by atomic mass is 35.5. The first kappa shape index (κ1) is 22.9. The lowest BCUT2D eigenvalue weighted by molar-refractivity contribution is 0.0518. The van der Waals surface area contributed by atoms with Crippen LogP contribution in [0.15, 0.2) is 30.3 Å². The minimum Gasteiger partial charge on any atom is -0.461 e. The van der Waals surface area contributed by atoms with Gasteiger partial charge < -0.3 is 4.74 Å². The molecule has 166 valence electrons. The fourth-order valence-electron chi connectivity index (χ4n) is 3.96. The number of nitrogens with zero attached hydrogens (tertiary/aromatic N) is 2. The van der Waals surface area contributed by atoms with Crippen molar-refractivity contribution in [2.45, 2.75) is 46.0 Å². The van der Waals surface area contributed by atoms with Gasteiger partial charge in [0, 0.05) is 16.5 Å². The molecule has 2 heterocycles. The number of benzene rings is 1. The molecule has 4 nitrogen and oxygen atoms in total. The lowest BCUT2D eigenvalue weighted by Crippen LogP contribution is -2.07. The van der Waals surface area contributed by atoms with E-state index >= 15 is 0 Å². The highest BCUT2D eigenvalue weighted by molar-refractivity contribution is 7.16. The number of carbonyl (C=O) groups is 1. The average Bonchev–Trinajstić information content (AvgIpc) is 3.37. The van der Waals surface area contributed by atoms with Crippen molar-refractivity contribution in [3.05, 3.63) is 56.5 Å². The predicted octanol–water partition coefficient (Wildman–Crippen LogP) is 7.32. The van der Waals surface area contributed by atoms with Crippen molar-refractivity contribution in [3.63, 3.8) is 0 Å². The van der Waals surface area contributed by atoms with E-state index in [0.717, 1.165) is 21.0 Å². The van der Waals surface area contributed by atoms with E-state index in [1.807, 2.05) is 19.1 Å². The van der Waals surface area contributed by atoms with Gasteiger partial charge in [-0.05, 0) is 57.0 Å². The number of halogens is 2. The zero-order valence-corrected chi connectivity index (χ0v) is 20.4. The van der Waals surface area contributed by atoms with E-state index in [-0.39, 0.29) is 12.3 Å². The number of ether oxygens (including phenoxy) is 1. The molecule has 0 saturated heterocycles. The second kappa shape index (κ2) is 10.1. The van der Waals surface area contributed by atoms with E-state index in [4.69, 9.17) is 27.9 Å². The topological polar surface area (TPSA) is 44.1 Å². The fraction of sp³-hybridized carbons (Fsp3) is 0.360. The van der Waals surface area contributed by atoms with Gasteiger partial charge >= 0.3 is 5.97 Å². The number of esters is 1. The first-order valence-electron chi connectivity index (χ1n) is 10.8. The van der Waals surface area contributed by atoms with Gasteiger partial charge in [-0.3, -0.25) is 0 Å². The molecule has 32 heavy (non-hydrogen) atoms. The summed E-state index contributed by atoms with van der Waals surface area (Å²) < 4.78 is 6.92. The Bertz CT molecular complexity index is 1200. The molecule has 1 aromatic carbocycles. The molecule has 0 amide bonds. The van der Waals surface area contributed by atoms with Crippen LogP contribution in [0.1, 0.15) is 60.0 Å². The number of hydrogen-bond acceptors (Lipinski definition) is 4. The summed E-state index contributed by atoms with van der Waals surface area (Å²) in [7, 11) is 0. The molecule has 4 rings (SSSR count). The summed E-state index contributed by atoms with van der Waals surface area (Å²) in [6.07, 6.45) is 6.24. The van der Waals surface area contributed by atoms with Crippen LogP contribution < -0.4 is 0 Å². The molecule has 2 aromatic heterocycles. The number of hydrogen-bond donors (Lipinski definition) is 0. The van der Waals surface area contributed by atoms with E-state index in [1.165, 1.54) is 32.1 Å². The second-order valence-electron chi connectivity index (χ2n) is 7.82. The Morgan fingerprint density at radius 3 is 2.72 bits per heavy atom. The number of aromatic nitrogens is 2. The van der Waals surface area contributed by atoms with Gasteiger partial charge in [-0.25, -0.2) is 9.48 Å². The van der Waals surface area contributed by atoms with Gasteiger partial charge in [0.2, 0.25) is 0 Å². The van der Waals surface area contributed by atoms with Crippen molar-refractivity contribution in [2.24, 2.45) is 5.92 Å². The van der Waals surface area contributed by atoms with Crippen LogP contribution in [0.4, 0.5) is 0 Å². The van der Waals surface area contributed by atoms with Crippen LogP contribution in [-0.4, -0.2) is 22.4 Å². The molecule has 0 spiro atoms. The fourth-order valence-corrected chi connectivity index (χ4v) is 5.40. The van der Waals surface area contributed by atoms with Gasteiger partial charge in [0.1, 0.15) is 0 Å². The van der Waals surface area contributed by atoms with Crippen LogP contribution >= 0.6 is 34.5 Å². The van der Waals surface area contributed by atoms with E-state index in [0.29, 0.717) is 21.7 Å². The number of rotatable bonds is 4. The quantitative estimate of drug-likeness (QED) is 0.286. The summed E-state index contributed by atoms with van der Waals surface area (Å²) in [5.41, 5.74) is 2.46. The largest absolute Gasteiger partial charge is 0.461 e. The van der Waals surface area contributed by atoms with Gasteiger partial charge in [0.25, 0.3) is 0 Å². The maximum atomic E-state index is 12.5. The third kappa shape index (κ3) is 4.88. The molecule has 1 fully saturated rings. The summed E-state index contributed by atoms with van der Waals surface area (Å²) in [6, 6.07) is 9.27. The van der Waals surface area contributed by atoms with E-state index < -0.39 is 5.97 Å². The second-order valence-corrected chi connectivity index (χ2v) is 9.75. The number of carbonyl (C=O) groups excluding carboxylic acids is 1. The van der Waals surface area contributed by atoms with Crippen molar-refractivity contribution in [2.75, 3.05) is 6.61 Å². The molecule has 3 aromatic rings. The zero-order chi connectivity index (χ0) is 22.7. The molecule has 0 bridgehead atoms. The molecular weight excluding hydrogens is 463 g/mol. The van der Waals surface area contributed by atoms with E-state index in [2.05, 4.69) is 16.9 Å². The summed E-state index contributed by atoms with van der Waals surface area (Å²) in [4.78, 5) is 14.5. The Labute approximate surface area is 202 Å². The summed E-state index contributed by atoms with van der Waals surface area (Å²) in [6.45, 7) is 3.93. The van der Waals surface area contributed by atoms with Crippen molar-refractivity contribution < 1.29 is 9.53 Å². The van der Waals surface area contributed by atoms with Crippen LogP contribution in [0.3, 0.4) is 0 Å². The van der Waals surface area contributed by atoms with Crippen molar-refractivity contribution >= 4 is 40.5 Å². The lowest BCUT2D eigenvalue weighted by atomic mass is 9.90. The van der Waals surface area contributed by atoms with Crippen molar-refractivity contribution in [3.8, 4) is 28.1 Å². The van der Waals surface area contributed by atoms with E-state index in [1.54, 1.807) is 41.1 Å². The van der Waals surface area contributed by atoms with Crippen molar-refractivity contribution in [1.29, 1.82) is 0 Å². The Kier molecular flexibility index (Phi) is 7.25. The Morgan fingerprint density at radius 1 is 1.22 bits per heavy atom. The molecule has 1 saturated carbocycles. The minimum atomic E-state index is -0.455. The standard InChI is InChI=1S/C25H24Cl2N2O2S/c1-3-31-25(30)23-16(2)24(29(28-23)21-13-10-18(26)15-20(21)27)22-14-12-19(32-22)11-9-17-7-5-4-6-8-17/h10,12-15,17H,3-8H2,1-2H3. The first-order chi connectivity index (χ1) is 15.5. The first-order valence-corrected chi connectivity index (χ1v) is 12.4. The SMILES string of the molecule is CCOC(=O)c1nn(-c2ccc(Cl)cc2Cl)c(-c2ccc(C#CC3CCCCC3)s2)c1C. The molecule has 7 heteroatoms. The highest BCUT2D eigenvalue weighted by Crippen LogP contribution is 2.36. The molecule has 0 aliphatic heterocycles. The predicted molar refractivity (Wildman–Crippen MR) is 131 cm³/mol. The summed E-state index contributed by atoms with van der Waals surface area (Å²) in [5.74, 6) is 6.84. The Hall–Kier alpha value is -2.26. The van der Waals surface area contributed by atoms with Crippen LogP contribution in [0.25, 0.3) is 16.3 Å².